The highest BCUT2D eigenvalue weighted by atomic mass is 35.5. The number of rotatable bonds is 0. The predicted octanol–water partition coefficient (Wildman–Crippen LogP) is 1.98. The fourth-order valence-corrected chi connectivity index (χ4v) is 2.91. The number of ether oxygens (including phenoxy) is 1. The van der Waals surface area contributed by atoms with Gasteiger partial charge < -0.3 is 15.0 Å². The standard InChI is InChI=1S/C13H18ClN3O.2ClH/c1-9-8-18-5-4-17(9)13-11(14)6-10-7-15-3-2-12(10)16-13;;/h2,6,9,11,15H,3-5,7-8H2,1H3;2*1H/t9-,11?;;/m1../s1. The lowest BCUT2D eigenvalue weighted by Crippen LogP contribution is -2.50. The van der Waals surface area contributed by atoms with Gasteiger partial charge in [-0.1, -0.05) is 6.08 Å². The summed E-state index contributed by atoms with van der Waals surface area (Å²) in [5, 5.41) is 3.17. The summed E-state index contributed by atoms with van der Waals surface area (Å²) in [5.74, 6) is 0.976. The van der Waals surface area contributed by atoms with Crippen LogP contribution < -0.4 is 5.32 Å². The molecule has 3 aliphatic rings. The molecule has 0 saturated carbocycles. The first-order chi connectivity index (χ1) is 8.75. The number of fused-ring (bicyclic) bond motifs is 1. The van der Waals surface area contributed by atoms with Crippen LogP contribution in [0.1, 0.15) is 6.92 Å². The molecule has 2 atom stereocenters. The molecule has 3 heterocycles. The van der Waals surface area contributed by atoms with E-state index in [-0.39, 0.29) is 30.2 Å². The normalized spacial score (nSPS) is 29.1. The van der Waals surface area contributed by atoms with E-state index in [1.807, 2.05) is 0 Å². The molecule has 7 heteroatoms. The summed E-state index contributed by atoms with van der Waals surface area (Å²) < 4.78 is 5.46. The lowest BCUT2D eigenvalue weighted by molar-refractivity contribution is 0.0326. The zero-order valence-electron chi connectivity index (χ0n) is 11.3. The largest absolute Gasteiger partial charge is 0.377 e. The Kier molecular flexibility index (Phi) is 6.82. The second-order valence-corrected chi connectivity index (χ2v) is 5.37. The van der Waals surface area contributed by atoms with Crippen LogP contribution in [0.5, 0.6) is 0 Å². The van der Waals surface area contributed by atoms with Crippen LogP contribution in [0.3, 0.4) is 0 Å². The maximum atomic E-state index is 6.46. The molecular weight excluding hydrogens is 321 g/mol. The van der Waals surface area contributed by atoms with E-state index in [0.29, 0.717) is 6.04 Å². The third kappa shape index (κ3) is 3.49. The molecular formula is C13H20Cl3N3O. The fourth-order valence-electron chi connectivity index (χ4n) is 2.59. The van der Waals surface area contributed by atoms with Gasteiger partial charge in [0.2, 0.25) is 0 Å². The number of dihydropyridines is 1. The van der Waals surface area contributed by atoms with E-state index >= 15 is 0 Å². The highest BCUT2D eigenvalue weighted by Gasteiger charge is 2.29. The zero-order valence-corrected chi connectivity index (χ0v) is 13.7. The van der Waals surface area contributed by atoms with E-state index in [0.717, 1.165) is 44.4 Å². The van der Waals surface area contributed by atoms with Gasteiger partial charge in [-0.15, -0.1) is 36.4 Å². The number of aliphatic imine (C=N–C) groups is 1. The topological polar surface area (TPSA) is 36.9 Å². The Hall–Kier alpha value is -0.260. The average molecular weight is 341 g/mol. The minimum atomic E-state index is -0.127. The Morgan fingerprint density at radius 2 is 2.25 bits per heavy atom. The maximum Gasteiger partial charge on any atom is 0.127 e. The van der Waals surface area contributed by atoms with E-state index in [4.69, 9.17) is 21.3 Å². The van der Waals surface area contributed by atoms with Gasteiger partial charge in [-0.25, -0.2) is 4.99 Å². The van der Waals surface area contributed by atoms with Crippen molar-refractivity contribution in [1.82, 2.24) is 10.2 Å². The van der Waals surface area contributed by atoms with Crippen molar-refractivity contribution >= 4 is 42.3 Å². The van der Waals surface area contributed by atoms with Crippen molar-refractivity contribution in [1.29, 1.82) is 0 Å². The van der Waals surface area contributed by atoms with Crippen molar-refractivity contribution < 1.29 is 4.74 Å². The Balaban J connectivity index is 0.000001000. The smallest absolute Gasteiger partial charge is 0.127 e. The predicted molar refractivity (Wildman–Crippen MR) is 87.6 cm³/mol. The maximum absolute atomic E-state index is 6.46. The van der Waals surface area contributed by atoms with Gasteiger partial charge in [0.05, 0.1) is 25.0 Å². The molecule has 0 aromatic heterocycles. The quantitative estimate of drug-likeness (QED) is 0.685. The lowest BCUT2D eigenvalue weighted by atomic mass is 10.0. The Bertz CT molecular complexity index is 437. The second-order valence-electron chi connectivity index (χ2n) is 4.90. The molecule has 0 spiro atoms. The van der Waals surface area contributed by atoms with Crippen LogP contribution in [0, 0.1) is 0 Å². The van der Waals surface area contributed by atoms with Crippen molar-refractivity contribution in [2.75, 3.05) is 32.8 Å². The Labute approximate surface area is 137 Å². The second kappa shape index (κ2) is 7.66. The molecule has 20 heavy (non-hydrogen) atoms. The Morgan fingerprint density at radius 3 is 3.00 bits per heavy atom. The monoisotopic (exact) mass is 339 g/mol. The molecule has 3 aliphatic heterocycles. The number of alkyl halides is 1. The fraction of sp³-hybridized carbons (Fsp3) is 0.615. The SMILES string of the molecule is C[C@@H]1COCCN1C1=NC2=CCNCC2=CC1Cl.Cl.Cl. The van der Waals surface area contributed by atoms with Crippen molar-refractivity contribution in [2.45, 2.75) is 18.3 Å². The molecule has 0 amide bonds. The number of nitrogens with one attached hydrogen (secondary N) is 1. The van der Waals surface area contributed by atoms with Gasteiger partial charge in [0.1, 0.15) is 11.2 Å². The summed E-state index contributed by atoms with van der Waals surface area (Å²) in [6, 6.07) is 0.344. The van der Waals surface area contributed by atoms with Crippen LogP contribution >= 0.6 is 36.4 Å². The highest BCUT2D eigenvalue weighted by Crippen LogP contribution is 2.25. The first-order valence-corrected chi connectivity index (χ1v) is 6.88. The number of morpholine rings is 1. The Morgan fingerprint density at radius 1 is 1.45 bits per heavy atom. The number of hydrogen-bond donors (Lipinski definition) is 1. The van der Waals surface area contributed by atoms with Crippen molar-refractivity contribution in [2.24, 2.45) is 4.99 Å². The van der Waals surface area contributed by atoms with E-state index < -0.39 is 0 Å². The van der Waals surface area contributed by atoms with Crippen molar-refractivity contribution in [3.8, 4) is 0 Å². The summed E-state index contributed by atoms with van der Waals surface area (Å²) in [6.07, 6.45) is 4.24. The summed E-state index contributed by atoms with van der Waals surface area (Å²) in [5.41, 5.74) is 2.30. The molecule has 1 fully saturated rings. The number of amidine groups is 1. The molecule has 0 aromatic carbocycles. The van der Waals surface area contributed by atoms with Gasteiger partial charge >= 0.3 is 0 Å². The molecule has 0 aromatic rings. The van der Waals surface area contributed by atoms with Gasteiger partial charge in [0, 0.05) is 19.6 Å². The zero-order chi connectivity index (χ0) is 12.5. The van der Waals surface area contributed by atoms with Crippen LogP contribution in [-0.4, -0.2) is 55.0 Å². The molecule has 114 valence electrons. The van der Waals surface area contributed by atoms with E-state index in [9.17, 15) is 0 Å². The molecule has 4 nitrogen and oxygen atoms in total. The minimum absolute atomic E-state index is 0. The third-order valence-electron chi connectivity index (χ3n) is 3.58. The summed E-state index contributed by atoms with van der Waals surface area (Å²) in [4.78, 5) is 7.04. The van der Waals surface area contributed by atoms with Crippen LogP contribution in [0.25, 0.3) is 0 Å². The number of hydrogen-bond acceptors (Lipinski definition) is 4. The first-order valence-electron chi connectivity index (χ1n) is 6.44. The van der Waals surface area contributed by atoms with Gasteiger partial charge in [-0.05, 0) is 18.6 Å². The van der Waals surface area contributed by atoms with Gasteiger partial charge in [0.15, 0.2) is 0 Å². The number of halogens is 3. The average Bonchev–Trinajstić information content (AvgIpc) is 2.39. The summed E-state index contributed by atoms with van der Waals surface area (Å²) >= 11 is 6.46. The van der Waals surface area contributed by atoms with Gasteiger partial charge in [0.25, 0.3) is 0 Å². The lowest BCUT2D eigenvalue weighted by Gasteiger charge is -2.38. The molecule has 0 radical (unpaired) electrons. The van der Waals surface area contributed by atoms with Crippen LogP contribution in [0.2, 0.25) is 0 Å². The molecule has 1 N–H and O–H groups in total. The van der Waals surface area contributed by atoms with Crippen molar-refractivity contribution in [3.63, 3.8) is 0 Å². The molecule has 1 unspecified atom stereocenters. The van der Waals surface area contributed by atoms with Gasteiger partial charge in [-0.2, -0.15) is 0 Å². The highest BCUT2D eigenvalue weighted by molar-refractivity contribution is 6.33. The van der Waals surface area contributed by atoms with Gasteiger partial charge in [-0.3, -0.25) is 0 Å². The third-order valence-corrected chi connectivity index (χ3v) is 3.90. The molecule has 0 aliphatic carbocycles. The van der Waals surface area contributed by atoms with Crippen LogP contribution in [-0.2, 0) is 4.74 Å². The van der Waals surface area contributed by atoms with E-state index in [2.05, 4.69) is 29.3 Å². The van der Waals surface area contributed by atoms with E-state index in [1.54, 1.807) is 0 Å². The summed E-state index contributed by atoms with van der Waals surface area (Å²) in [6.45, 7) is 6.28. The molecule has 0 bridgehead atoms. The molecule has 1 saturated heterocycles. The number of nitrogens with zero attached hydrogens (tertiary/aromatic N) is 2. The molecule has 3 rings (SSSR count). The van der Waals surface area contributed by atoms with Crippen LogP contribution in [0.15, 0.2) is 28.4 Å². The van der Waals surface area contributed by atoms with Crippen molar-refractivity contribution in [3.05, 3.63) is 23.4 Å². The first kappa shape index (κ1) is 17.8. The minimum Gasteiger partial charge on any atom is -0.377 e. The van der Waals surface area contributed by atoms with E-state index in [1.165, 1.54) is 5.57 Å². The van der Waals surface area contributed by atoms with Crippen LogP contribution in [0.4, 0.5) is 0 Å². The summed E-state index contributed by atoms with van der Waals surface area (Å²) in [7, 11) is 0.